The van der Waals surface area contributed by atoms with Gasteiger partial charge in [-0.05, 0) is 37.4 Å². The third-order valence-electron chi connectivity index (χ3n) is 3.57. The third kappa shape index (κ3) is 2.17. The van der Waals surface area contributed by atoms with Crippen LogP contribution in [0, 0.1) is 0 Å². The molecule has 0 bridgehead atoms. The number of thiophene rings is 1. The Balaban J connectivity index is 1.69. The van der Waals surface area contributed by atoms with Gasteiger partial charge in [0.1, 0.15) is 0 Å². The minimum atomic E-state index is 0.107. The number of urea groups is 1. The smallest absolute Gasteiger partial charge is 0.318 e. The van der Waals surface area contributed by atoms with E-state index in [4.69, 9.17) is 0 Å². The lowest BCUT2D eigenvalue weighted by atomic mass is 10.1. The Labute approximate surface area is 105 Å². The second-order valence-electron chi connectivity index (χ2n) is 4.65. The number of nitrogens with zero attached hydrogens (tertiary/aromatic N) is 1. The average Bonchev–Trinajstić information content (AvgIpc) is 2.99. The molecule has 2 aliphatic rings. The molecule has 92 valence electrons. The number of hydrogen-bond acceptors (Lipinski definition) is 3. The van der Waals surface area contributed by atoms with Crippen LogP contribution in [0.15, 0.2) is 17.5 Å². The first-order chi connectivity index (χ1) is 8.34. The fourth-order valence-corrected chi connectivity index (χ4v) is 3.41. The summed E-state index contributed by atoms with van der Waals surface area (Å²) in [7, 11) is 0. The monoisotopic (exact) mass is 251 g/mol. The van der Waals surface area contributed by atoms with Gasteiger partial charge >= 0.3 is 6.03 Å². The molecule has 2 aliphatic heterocycles. The molecule has 2 fully saturated rings. The molecule has 2 amide bonds. The van der Waals surface area contributed by atoms with Crippen molar-refractivity contribution in [2.75, 3.05) is 19.6 Å². The van der Waals surface area contributed by atoms with E-state index in [0.717, 1.165) is 32.5 Å². The first-order valence-corrected chi connectivity index (χ1v) is 7.04. The van der Waals surface area contributed by atoms with Gasteiger partial charge in [0, 0.05) is 17.5 Å². The van der Waals surface area contributed by atoms with Gasteiger partial charge in [0.05, 0.1) is 6.04 Å². The Morgan fingerprint density at radius 3 is 2.88 bits per heavy atom. The third-order valence-corrected chi connectivity index (χ3v) is 4.56. The summed E-state index contributed by atoms with van der Waals surface area (Å²) in [5.74, 6) is 0. The van der Waals surface area contributed by atoms with Gasteiger partial charge in [0.25, 0.3) is 0 Å². The lowest BCUT2D eigenvalue weighted by Gasteiger charge is -2.30. The molecule has 3 rings (SSSR count). The van der Waals surface area contributed by atoms with Crippen LogP contribution in [0.3, 0.4) is 0 Å². The summed E-state index contributed by atoms with van der Waals surface area (Å²) in [6.07, 6.45) is 2.15. The van der Waals surface area contributed by atoms with Crippen molar-refractivity contribution in [3.8, 4) is 0 Å². The zero-order valence-corrected chi connectivity index (χ0v) is 10.5. The largest absolute Gasteiger partial charge is 0.329 e. The lowest BCUT2D eigenvalue weighted by molar-refractivity contribution is 0.182. The van der Waals surface area contributed by atoms with Crippen LogP contribution >= 0.6 is 11.3 Å². The van der Waals surface area contributed by atoms with Crippen molar-refractivity contribution in [3.63, 3.8) is 0 Å². The van der Waals surface area contributed by atoms with Gasteiger partial charge in [-0.3, -0.25) is 0 Å². The van der Waals surface area contributed by atoms with Crippen molar-refractivity contribution in [2.24, 2.45) is 0 Å². The zero-order valence-electron chi connectivity index (χ0n) is 9.69. The Kier molecular flexibility index (Phi) is 3.03. The van der Waals surface area contributed by atoms with E-state index < -0.39 is 0 Å². The van der Waals surface area contributed by atoms with Crippen LogP contribution in [-0.2, 0) is 0 Å². The number of carbonyl (C=O) groups is 1. The second kappa shape index (κ2) is 4.66. The Morgan fingerprint density at radius 2 is 2.18 bits per heavy atom. The van der Waals surface area contributed by atoms with Crippen LogP contribution in [0.4, 0.5) is 4.79 Å². The molecular weight excluding hydrogens is 234 g/mol. The average molecular weight is 251 g/mol. The number of amides is 2. The molecule has 3 heterocycles. The highest BCUT2D eigenvalue weighted by atomic mass is 32.1. The van der Waals surface area contributed by atoms with Gasteiger partial charge in [0.2, 0.25) is 0 Å². The highest BCUT2D eigenvalue weighted by Crippen LogP contribution is 2.27. The van der Waals surface area contributed by atoms with Crippen LogP contribution in [0.1, 0.15) is 23.8 Å². The van der Waals surface area contributed by atoms with E-state index in [1.807, 2.05) is 11.0 Å². The Hall–Kier alpha value is -1.07. The van der Waals surface area contributed by atoms with E-state index in [0.29, 0.717) is 6.04 Å². The van der Waals surface area contributed by atoms with Gasteiger partial charge in [-0.1, -0.05) is 6.07 Å². The maximum atomic E-state index is 12.0. The van der Waals surface area contributed by atoms with Crippen LogP contribution in [0.5, 0.6) is 0 Å². The zero-order chi connectivity index (χ0) is 11.7. The molecular formula is C12H17N3OS. The van der Waals surface area contributed by atoms with Crippen molar-refractivity contribution >= 4 is 17.4 Å². The van der Waals surface area contributed by atoms with Gasteiger partial charge in [-0.2, -0.15) is 0 Å². The molecule has 1 aromatic heterocycles. The number of carbonyl (C=O) groups excluding carboxylic acids is 1. The summed E-state index contributed by atoms with van der Waals surface area (Å²) in [5.41, 5.74) is 0. The van der Waals surface area contributed by atoms with Gasteiger partial charge in [-0.25, -0.2) is 4.79 Å². The maximum Gasteiger partial charge on any atom is 0.318 e. The molecule has 1 aromatic rings. The minimum absolute atomic E-state index is 0.107. The van der Waals surface area contributed by atoms with Crippen LogP contribution < -0.4 is 10.6 Å². The Bertz CT molecular complexity index is 386. The molecule has 0 aliphatic carbocycles. The number of rotatable bonds is 2. The normalized spacial score (nSPS) is 26.2. The molecule has 0 saturated carbocycles. The highest BCUT2D eigenvalue weighted by molar-refractivity contribution is 7.10. The van der Waals surface area contributed by atoms with E-state index in [9.17, 15) is 4.79 Å². The minimum Gasteiger partial charge on any atom is -0.329 e. The molecule has 2 N–H and O–H groups in total. The highest BCUT2D eigenvalue weighted by Gasteiger charge is 2.35. The van der Waals surface area contributed by atoms with E-state index >= 15 is 0 Å². The molecule has 17 heavy (non-hydrogen) atoms. The van der Waals surface area contributed by atoms with E-state index in [2.05, 4.69) is 22.1 Å². The van der Waals surface area contributed by atoms with Crippen molar-refractivity contribution in [1.29, 1.82) is 0 Å². The Morgan fingerprint density at radius 1 is 1.35 bits per heavy atom. The van der Waals surface area contributed by atoms with Crippen molar-refractivity contribution in [1.82, 2.24) is 15.5 Å². The molecule has 2 saturated heterocycles. The fraction of sp³-hybridized carbons (Fsp3) is 0.583. The number of hydrogen-bond donors (Lipinski definition) is 2. The van der Waals surface area contributed by atoms with Gasteiger partial charge in [0.15, 0.2) is 0 Å². The van der Waals surface area contributed by atoms with E-state index in [-0.39, 0.29) is 12.1 Å². The molecule has 0 aromatic carbocycles. The van der Waals surface area contributed by atoms with Crippen molar-refractivity contribution in [3.05, 3.63) is 22.4 Å². The molecule has 0 radical (unpaired) electrons. The first kappa shape index (κ1) is 11.0. The molecule has 1 atom stereocenters. The van der Waals surface area contributed by atoms with E-state index in [1.54, 1.807) is 11.3 Å². The van der Waals surface area contributed by atoms with Gasteiger partial charge < -0.3 is 15.5 Å². The number of piperidine rings is 1. The number of nitrogens with one attached hydrogen (secondary N) is 2. The summed E-state index contributed by atoms with van der Waals surface area (Å²) < 4.78 is 0. The molecule has 5 heteroatoms. The van der Waals surface area contributed by atoms with Crippen LogP contribution in [-0.4, -0.2) is 36.6 Å². The first-order valence-electron chi connectivity index (χ1n) is 6.16. The summed E-state index contributed by atoms with van der Waals surface area (Å²) in [6, 6.07) is 4.86. The summed E-state index contributed by atoms with van der Waals surface area (Å²) in [6.45, 7) is 2.88. The molecule has 4 nitrogen and oxygen atoms in total. The van der Waals surface area contributed by atoms with Crippen LogP contribution in [0.2, 0.25) is 0 Å². The topological polar surface area (TPSA) is 44.4 Å². The SMILES string of the molecule is O=C1NC(c2cccs2)CN1C1CCNCC1. The summed E-state index contributed by atoms with van der Waals surface area (Å²) >= 11 is 1.72. The van der Waals surface area contributed by atoms with Crippen molar-refractivity contribution in [2.45, 2.75) is 24.9 Å². The second-order valence-corrected chi connectivity index (χ2v) is 5.63. The quantitative estimate of drug-likeness (QED) is 0.838. The fourth-order valence-electron chi connectivity index (χ4n) is 2.64. The molecule has 0 spiro atoms. The van der Waals surface area contributed by atoms with E-state index in [1.165, 1.54) is 4.88 Å². The summed E-state index contributed by atoms with van der Waals surface area (Å²) in [4.78, 5) is 15.3. The predicted molar refractivity (Wildman–Crippen MR) is 68.2 cm³/mol. The van der Waals surface area contributed by atoms with Gasteiger partial charge in [-0.15, -0.1) is 11.3 Å². The predicted octanol–water partition coefficient (Wildman–Crippen LogP) is 1.57. The lowest BCUT2D eigenvalue weighted by Crippen LogP contribution is -2.44. The summed E-state index contributed by atoms with van der Waals surface area (Å²) in [5, 5.41) is 8.48. The van der Waals surface area contributed by atoms with Crippen molar-refractivity contribution < 1.29 is 4.79 Å². The van der Waals surface area contributed by atoms with Crippen LogP contribution in [0.25, 0.3) is 0 Å². The maximum absolute atomic E-state index is 12.0. The standard InChI is InChI=1S/C12H17N3OS/c16-12-14-10(11-2-1-7-17-11)8-15(12)9-3-5-13-6-4-9/h1-2,7,9-10,13H,3-6,8H2,(H,14,16). The molecule has 1 unspecified atom stereocenters.